The molecule has 0 bridgehead atoms. The Balaban J connectivity index is 2.14. The van der Waals surface area contributed by atoms with Gasteiger partial charge in [0.1, 0.15) is 5.75 Å². The highest BCUT2D eigenvalue weighted by Crippen LogP contribution is 2.37. The van der Waals surface area contributed by atoms with Crippen LogP contribution < -0.4 is 21.1 Å². The van der Waals surface area contributed by atoms with Crippen molar-refractivity contribution < 1.29 is 14.3 Å². The number of hydrogen-bond acceptors (Lipinski definition) is 5. The van der Waals surface area contributed by atoms with E-state index in [1.165, 1.54) is 0 Å². The molecule has 1 aliphatic rings. The first kappa shape index (κ1) is 13.9. The van der Waals surface area contributed by atoms with Crippen molar-refractivity contribution >= 4 is 28.9 Å². The summed E-state index contributed by atoms with van der Waals surface area (Å²) in [5.74, 6) is -0.488. The first-order valence-electron chi connectivity index (χ1n) is 6.84. The number of fused-ring (bicyclic) bond motifs is 1. The fourth-order valence-electron chi connectivity index (χ4n) is 2.52. The van der Waals surface area contributed by atoms with E-state index in [0.29, 0.717) is 29.3 Å². The van der Waals surface area contributed by atoms with E-state index in [1.54, 1.807) is 36.4 Å². The lowest BCUT2D eigenvalue weighted by atomic mass is 10.1. The fourth-order valence-corrected chi connectivity index (χ4v) is 2.52. The zero-order valence-electron chi connectivity index (χ0n) is 12.0. The van der Waals surface area contributed by atoms with Gasteiger partial charge < -0.3 is 16.2 Å². The summed E-state index contributed by atoms with van der Waals surface area (Å²) >= 11 is 0. The minimum absolute atomic E-state index is 0.228. The molecule has 0 radical (unpaired) electrons. The Morgan fingerprint density at radius 3 is 2.55 bits per heavy atom. The number of nitrogens with two attached hydrogens (primary N) is 2. The second-order valence-electron chi connectivity index (χ2n) is 4.88. The number of nitrogen functional groups attached to an aromatic ring is 2. The molecule has 0 aliphatic carbocycles. The van der Waals surface area contributed by atoms with E-state index < -0.39 is 11.8 Å². The minimum Gasteiger partial charge on any atom is -0.492 e. The number of hydrogen-bond donors (Lipinski definition) is 2. The predicted molar refractivity (Wildman–Crippen MR) is 84.0 cm³/mol. The maximum Gasteiger partial charge on any atom is 0.268 e. The number of ether oxygens (including phenoxy) is 1. The number of imide groups is 1. The maximum atomic E-state index is 12.6. The molecular weight excluding hydrogens is 282 g/mol. The number of rotatable bonds is 3. The second kappa shape index (κ2) is 5.07. The van der Waals surface area contributed by atoms with E-state index in [2.05, 4.69) is 0 Å². The van der Waals surface area contributed by atoms with E-state index in [1.807, 2.05) is 6.92 Å². The lowest BCUT2D eigenvalue weighted by Gasteiger charge is -2.18. The highest BCUT2D eigenvalue weighted by atomic mass is 16.5. The van der Waals surface area contributed by atoms with E-state index in [9.17, 15) is 9.59 Å². The number of benzene rings is 2. The molecule has 2 amide bonds. The molecule has 112 valence electrons. The van der Waals surface area contributed by atoms with E-state index in [4.69, 9.17) is 16.2 Å². The van der Waals surface area contributed by atoms with Crippen molar-refractivity contribution in [1.82, 2.24) is 0 Å². The van der Waals surface area contributed by atoms with Crippen molar-refractivity contribution in [3.8, 4) is 5.75 Å². The Morgan fingerprint density at radius 2 is 1.86 bits per heavy atom. The number of carbonyl (C=O) groups is 2. The first-order valence-corrected chi connectivity index (χ1v) is 6.84. The van der Waals surface area contributed by atoms with Crippen LogP contribution in [0.25, 0.3) is 0 Å². The molecule has 4 N–H and O–H groups in total. The van der Waals surface area contributed by atoms with Crippen molar-refractivity contribution in [2.45, 2.75) is 6.92 Å². The third-order valence-corrected chi connectivity index (χ3v) is 3.47. The van der Waals surface area contributed by atoms with Gasteiger partial charge in [-0.25, -0.2) is 4.90 Å². The van der Waals surface area contributed by atoms with Gasteiger partial charge in [-0.1, -0.05) is 6.07 Å². The Bertz CT molecular complexity index is 786. The SMILES string of the molecule is CCOc1cc(N)ccc1N1C(=O)c2cccc(N)c2C1=O. The quantitative estimate of drug-likeness (QED) is 0.667. The average molecular weight is 297 g/mol. The van der Waals surface area contributed by atoms with Gasteiger partial charge in [0.2, 0.25) is 0 Å². The molecule has 2 aromatic carbocycles. The molecule has 2 aromatic rings. The Morgan fingerprint density at radius 1 is 1.09 bits per heavy atom. The van der Waals surface area contributed by atoms with Crippen molar-refractivity contribution in [2.75, 3.05) is 23.0 Å². The lowest BCUT2D eigenvalue weighted by molar-refractivity contribution is 0.0925. The minimum atomic E-state index is -0.455. The number of carbonyl (C=O) groups excluding carboxylic acids is 2. The van der Waals surface area contributed by atoms with Crippen LogP contribution >= 0.6 is 0 Å². The third kappa shape index (κ3) is 1.96. The summed E-state index contributed by atoms with van der Waals surface area (Å²) in [4.78, 5) is 26.2. The van der Waals surface area contributed by atoms with Gasteiger partial charge in [-0.05, 0) is 31.2 Å². The molecule has 0 fully saturated rings. The van der Waals surface area contributed by atoms with Gasteiger partial charge in [0, 0.05) is 17.4 Å². The van der Waals surface area contributed by atoms with Crippen LogP contribution in [-0.2, 0) is 0 Å². The number of nitrogens with zero attached hydrogens (tertiary/aromatic N) is 1. The van der Waals surface area contributed by atoms with Crippen LogP contribution in [0.5, 0.6) is 5.75 Å². The molecular formula is C16H15N3O3. The van der Waals surface area contributed by atoms with Gasteiger partial charge in [0.25, 0.3) is 11.8 Å². The Kier molecular flexibility index (Phi) is 3.21. The summed E-state index contributed by atoms with van der Waals surface area (Å²) in [6.07, 6.45) is 0. The van der Waals surface area contributed by atoms with Crippen LogP contribution in [0, 0.1) is 0 Å². The zero-order chi connectivity index (χ0) is 15.9. The fraction of sp³-hybridized carbons (Fsp3) is 0.125. The standard InChI is InChI=1S/C16H15N3O3/c1-2-22-13-8-9(17)6-7-12(13)19-15(20)10-4-3-5-11(18)14(10)16(19)21/h3-8H,2,17-18H2,1H3. The summed E-state index contributed by atoms with van der Waals surface area (Å²) in [6.45, 7) is 2.20. The monoisotopic (exact) mass is 297 g/mol. The molecule has 1 aliphatic heterocycles. The highest BCUT2D eigenvalue weighted by molar-refractivity contribution is 6.36. The van der Waals surface area contributed by atoms with Crippen LogP contribution in [0.2, 0.25) is 0 Å². The van der Waals surface area contributed by atoms with Gasteiger partial charge in [0.15, 0.2) is 0 Å². The van der Waals surface area contributed by atoms with Crippen molar-refractivity contribution in [3.63, 3.8) is 0 Å². The van der Waals surface area contributed by atoms with Crippen molar-refractivity contribution in [3.05, 3.63) is 47.5 Å². The topological polar surface area (TPSA) is 98.7 Å². The Hall–Kier alpha value is -3.02. The van der Waals surface area contributed by atoms with E-state index >= 15 is 0 Å². The smallest absolute Gasteiger partial charge is 0.268 e. The first-order chi connectivity index (χ1) is 10.5. The predicted octanol–water partition coefficient (Wildman–Crippen LogP) is 2.05. The molecule has 6 heteroatoms. The van der Waals surface area contributed by atoms with E-state index in [-0.39, 0.29) is 11.3 Å². The van der Waals surface area contributed by atoms with Gasteiger partial charge in [-0.15, -0.1) is 0 Å². The molecule has 22 heavy (non-hydrogen) atoms. The molecule has 3 rings (SSSR count). The summed E-state index contributed by atoms with van der Waals surface area (Å²) in [5, 5.41) is 0. The largest absolute Gasteiger partial charge is 0.492 e. The van der Waals surface area contributed by atoms with Gasteiger partial charge >= 0.3 is 0 Å². The normalized spacial score (nSPS) is 13.4. The summed E-state index contributed by atoms with van der Waals surface area (Å²) < 4.78 is 5.50. The van der Waals surface area contributed by atoms with Crippen LogP contribution in [0.15, 0.2) is 36.4 Å². The summed E-state index contributed by atoms with van der Waals surface area (Å²) in [5.41, 5.74) is 13.2. The molecule has 6 nitrogen and oxygen atoms in total. The van der Waals surface area contributed by atoms with Crippen molar-refractivity contribution in [2.24, 2.45) is 0 Å². The zero-order valence-corrected chi connectivity index (χ0v) is 12.0. The molecule has 0 saturated heterocycles. The highest BCUT2D eigenvalue weighted by Gasteiger charge is 2.39. The van der Waals surface area contributed by atoms with Crippen LogP contribution in [0.3, 0.4) is 0 Å². The van der Waals surface area contributed by atoms with Gasteiger partial charge in [0.05, 0.1) is 23.4 Å². The lowest BCUT2D eigenvalue weighted by Crippen LogP contribution is -2.30. The van der Waals surface area contributed by atoms with E-state index in [0.717, 1.165) is 4.90 Å². The summed E-state index contributed by atoms with van der Waals surface area (Å²) in [6, 6.07) is 9.63. The number of anilines is 3. The Labute approximate surface area is 127 Å². The third-order valence-electron chi connectivity index (χ3n) is 3.47. The van der Waals surface area contributed by atoms with Crippen molar-refractivity contribution in [1.29, 1.82) is 0 Å². The van der Waals surface area contributed by atoms with Gasteiger partial charge in [-0.2, -0.15) is 0 Å². The van der Waals surface area contributed by atoms with Gasteiger partial charge in [-0.3, -0.25) is 9.59 Å². The average Bonchev–Trinajstić information content (AvgIpc) is 2.73. The molecule has 0 atom stereocenters. The molecule has 0 saturated carbocycles. The molecule has 0 unspecified atom stereocenters. The van der Waals surface area contributed by atoms with Crippen LogP contribution in [0.4, 0.5) is 17.1 Å². The second-order valence-corrected chi connectivity index (χ2v) is 4.88. The molecule has 0 spiro atoms. The van der Waals surface area contributed by atoms with Crippen LogP contribution in [-0.4, -0.2) is 18.4 Å². The maximum absolute atomic E-state index is 12.6. The summed E-state index contributed by atoms with van der Waals surface area (Å²) in [7, 11) is 0. The molecule has 1 heterocycles. The number of amides is 2. The molecule has 0 aromatic heterocycles. The van der Waals surface area contributed by atoms with Crippen LogP contribution in [0.1, 0.15) is 27.6 Å².